The van der Waals surface area contributed by atoms with Gasteiger partial charge in [-0.05, 0) is 27.2 Å². The Kier molecular flexibility index (Phi) is 9.13. The maximum absolute atomic E-state index is 12.5. The molecular weight excluding hydrogens is 398 g/mol. The number of aromatic nitrogens is 1. The summed E-state index contributed by atoms with van der Waals surface area (Å²) in [6, 6.07) is 0. The van der Waals surface area contributed by atoms with Crippen molar-refractivity contribution in [2.45, 2.75) is 46.8 Å². The summed E-state index contributed by atoms with van der Waals surface area (Å²) in [4.78, 5) is 11.4. The lowest BCUT2D eigenvalue weighted by Gasteiger charge is -2.35. The van der Waals surface area contributed by atoms with Crippen LogP contribution >= 0.6 is 11.3 Å². The fraction of sp³-hybridized carbons (Fsp3) is 0.778. The topological polar surface area (TPSA) is 87.1 Å². The summed E-state index contributed by atoms with van der Waals surface area (Å²) in [6.07, 6.45) is 0.977. The summed E-state index contributed by atoms with van der Waals surface area (Å²) in [5.74, 6) is 0.844. The van der Waals surface area contributed by atoms with Gasteiger partial charge in [0.15, 0.2) is 5.96 Å². The molecule has 28 heavy (non-hydrogen) atoms. The van der Waals surface area contributed by atoms with Crippen molar-refractivity contribution >= 4 is 27.3 Å². The predicted molar refractivity (Wildman–Crippen MR) is 114 cm³/mol. The molecule has 1 fully saturated rings. The Morgan fingerprint density at radius 1 is 1.32 bits per heavy atom. The zero-order valence-electron chi connectivity index (χ0n) is 17.3. The third-order valence-electron chi connectivity index (χ3n) is 4.35. The molecule has 0 amide bonds. The molecule has 8 nitrogen and oxygen atoms in total. The van der Waals surface area contributed by atoms with Crippen molar-refractivity contribution in [2.24, 2.45) is 4.99 Å². The number of guanidine groups is 1. The molecule has 0 spiro atoms. The van der Waals surface area contributed by atoms with Crippen LogP contribution in [-0.4, -0.2) is 79.8 Å². The van der Waals surface area contributed by atoms with Crippen molar-refractivity contribution in [3.05, 3.63) is 16.1 Å². The Balaban J connectivity index is 1.91. The number of piperazine rings is 1. The number of aryl methyl sites for hydroxylation is 1. The zero-order valence-corrected chi connectivity index (χ0v) is 19.0. The zero-order chi connectivity index (χ0) is 20.6. The van der Waals surface area contributed by atoms with Crippen LogP contribution in [0, 0.1) is 0 Å². The van der Waals surface area contributed by atoms with Gasteiger partial charge in [0.2, 0.25) is 10.0 Å². The normalized spacial score (nSPS) is 16.8. The molecule has 0 bridgehead atoms. The van der Waals surface area contributed by atoms with E-state index in [9.17, 15) is 8.42 Å². The van der Waals surface area contributed by atoms with E-state index in [0.717, 1.165) is 29.6 Å². The molecule has 1 aliphatic rings. The molecule has 10 heteroatoms. The minimum atomic E-state index is -3.28. The minimum Gasteiger partial charge on any atom is -0.378 e. The quantitative estimate of drug-likeness (QED) is 0.471. The van der Waals surface area contributed by atoms with Gasteiger partial charge in [-0.3, -0.25) is 0 Å². The van der Waals surface area contributed by atoms with Crippen molar-refractivity contribution in [3.8, 4) is 0 Å². The van der Waals surface area contributed by atoms with Gasteiger partial charge in [0.05, 0.1) is 35.7 Å². The average molecular weight is 432 g/mol. The molecule has 2 heterocycles. The second-order valence-corrected chi connectivity index (χ2v) is 9.91. The molecule has 0 unspecified atom stereocenters. The van der Waals surface area contributed by atoms with Gasteiger partial charge in [0, 0.05) is 38.1 Å². The second kappa shape index (κ2) is 11.1. The van der Waals surface area contributed by atoms with Crippen LogP contribution < -0.4 is 5.32 Å². The minimum absolute atomic E-state index is 0.0307. The van der Waals surface area contributed by atoms with E-state index in [-0.39, 0.29) is 18.5 Å². The molecule has 1 aliphatic heterocycles. The largest absolute Gasteiger partial charge is 0.378 e. The molecular formula is C18H33N5O3S2. The van der Waals surface area contributed by atoms with Gasteiger partial charge in [-0.2, -0.15) is 4.31 Å². The van der Waals surface area contributed by atoms with Crippen molar-refractivity contribution in [1.82, 2.24) is 19.5 Å². The van der Waals surface area contributed by atoms with Gasteiger partial charge < -0.3 is 15.0 Å². The predicted octanol–water partition coefficient (Wildman–Crippen LogP) is 1.54. The molecule has 1 aromatic heterocycles. The number of thiazole rings is 1. The number of hydrogen-bond donors (Lipinski definition) is 1. The lowest BCUT2D eigenvalue weighted by molar-refractivity contribution is 0.0904. The van der Waals surface area contributed by atoms with Crippen molar-refractivity contribution in [3.63, 3.8) is 0 Å². The van der Waals surface area contributed by atoms with E-state index in [1.54, 1.807) is 15.6 Å². The van der Waals surface area contributed by atoms with Crippen molar-refractivity contribution in [2.75, 3.05) is 45.1 Å². The molecule has 1 saturated heterocycles. The molecule has 0 atom stereocenters. The summed E-state index contributed by atoms with van der Waals surface area (Å²) < 4.78 is 31.9. The van der Waals surface area contributed by atoms with Crippen LogP contribution in [0.15, 0.2) is 10.4 Å². The summed E-state index contributed by atoms with van der Waals surface area (Å²) >= 11 is 1.66. The fourth-order valence-corrected chi connectivity index (χ4v) is 4.88. The molecule has 0 saturated carbocycles. The van der Waals surface area contributed by atoms with E-state index in [4.69, 9.17) is 9.73 Å². The van der Waals surface area contributed by atoms with E-state index in [1.807, 2.05) is 20.8 Å². The third kappa shape index (κ3) is 6.98. The number of sulfonamides is 1. The second-order valence-electron chi connectivity index (χ2n) is 6.88. The van der Waals surface area contributed by atoms with E-state index in [0.29, 0.717) is 32.7 Å². The summed E-state index contributed by atoms with van der Waals surface area (Å²) in [5, 5.41) is 6.48. The number of aliphatic imine (C=N–C) groups is 1. The van der Waals surface area contributed by atoms with Crippen LogP contribution in [0.25, 0.3) is 0 Å². The van der Waals surface area contributed by atoms with Crippen LogP contribution in [-0.2, 0) is 27.7 Å². The highest BCUT2D eigenvalue weighted by Gasteiger charge is 2.28. The average Bonchev–Trinajstić information content (AvgIpc) is 3.13. The number of nitrogens with one attached hydrogen (secondary N) is 1. The van der Waals surface area contributed by atoms with E-state index in [1.165, 1.54) is 0 Å². The lowest BCUT2D eigenvalue weighted by atomic mass is 10.4. The summed E-state index contributed by atoms with van der Waals surface area (Å²) in [6.45, 7) is 11.6. The first-order valence-corrected chi connectivity index (χ1v) is 12.4. The molecule has 2 rings (SSSR count). The number of hydrogen-bond acceptors (Lipinski definition) is 6. The first-order valence-electron chi connectivity index (χ1n) is 9.91. The Morgan fingerprint density at radius 2 is 2.04 bits per heavy atom. The smallest absolute Gasteiger partial charge is 0.216 e. The molecule has 160 valence electrons. The van der Waals surface area contributed by atoms with Gasteiger partial charge >= 0.3 is 0 Å². The van der Waals surface area contributed by atoms with E-state index < -0.39 is 10.0 Å². The van der Waals surface area contributed by atoms with Gasteiger partial charge in [-0.15, -0.1) is 11.3 Å². The number of ether oxygens (including phenoxy) is 1. The van der Waals surface area contributed by atoms with E-state index >= 15 is 0 Å². The first kappa shape index (κ1) is 23.1. The maximum Gasteiger partial charge on any atom is 0.216 e. The maximum atomic E-state index is 12.5. The Morgan fingerprint density at radius 3 is 2.61 bits per heavy atom. The molecule has 1 aromatic rings. The van der Waals surface area contributed by atoms with Crippen LogP contribution in [0.5, 0.6) is 0 Å². The highest BCUT2D eigenvalue weighted by atomic mass is 32.2. The van der Waals surface area contributed by atoms with Gasteiger partial charge in [-0.1, -0.05) is 6.92 Å². The van der Waals surface area contributed by atoms with Crippen LogP contribution in [0.2, 0.25) is 0 Å². The monoisotopic (exact) mass is 431 g/mol. The standard InChI is InChI=1S/C18H33N5O3S2/c1-5-17-21-16(14-27-17)13-20-18(19-6-2)22-7-9-23(10-8-22)28(24,25)12-11-26-15(3)4/h14-15H,5-13H2,1-4H3,(H,19,20). The van der Waals surface area contributed by atoms with Crippen molar-refractivity contribution < 1.29 is 13.2 Å². The summed E-state index contributed by atoms with van der Waals surface area (Å²) in [5.41, 5.74) is 0.976. The molecule has 0 aliphatic carbocycles. The van der Waals surface area contributed by atoms with Gasteiger partial charge in [-0.25, -0.2) is 18.4 Å². The highest BCUT2D eigenvalue weighted by Crippen LogP contribution is 2.12. The third-order valence-corrected chi connectivity index (χ3v) is 7.23. The molecule has 0 radical (unpaired) electrons. The van der Waals surface area contributed by atoms with Crippen LogP contribution in [0.4, 0.5) is 0 Å². The first-order chi connectivity index (χ1) is 13.4. The van der Waals surface area contributed by atoms with Crippen LogP contribution in [0.1, 0.15) is 38.4 Å². The number of rotatable bonds is 9. The Bertz CT molecular complexity index is 725. The summed E-state index contributed by atoms with van der Waals surface area (Å²) in [7, 11) is -3.28. The Labute approximate surface area is 173 Å². The van der Waals surface area contributed by atoms with Gasteiger partial charge in [0.25, 0.3) is 0 Å². The number of nitrogens with zero attached hydrogens (tertiary/aromatic N) is 4. The van der Waals surface area contributed by atoms with Crippen LogP contribution in [0.3, 0.4) is 0 Å². The highest BCUT2D eigenvalue weighted by molar-refractivity contribution is 7.89. The molecule has 1 N–H and O–H groups in total. The van der Waals surface area contributed by atoms with E-state index in [2.05, 4.69) is 27.5 Å². The van der Waals surface area contributed by atoms with Crippen molar-refractivity contribution in [1.29, 1.82) is 0 Å². The SMILES string of the molecule is CCNC(=NCc1csc(CC)n1)N1CCN(S(=O)(=O)CCOC(C)C)CC1. The van der Waals surface area contributed by atoms with Gasteiger partial charge in [0.1, 0.15) is 0 Å². The fourth-order valence-electron chi connectivity index (χ4n) is 2.86. The Hall–Kier alpha value is -1.23. The molecule has 0 aromatic carbocycles. The lowest BCUT2D eigenvalue weighted by Crippen LogP contribution is -2.54.